The molecular weight excluding hydrogens is 244 g/mol. The summed E-state index contributed by atoms with van der Waals surface area (Å²) in [5.74, 6) is -1.94. The van der Waals surface area contributed by atoms with Gasteiger partial charge in [0, 0.05) is 6.20 Å². The minimum atomic E-state index is -0.929. The summed E-state index contributed by atoms with van der Waals surface area (Å²) in [6.07, 6.45) is 6.13. The second-order valence-electron chi connectivity index (χ2n) is 4.70. The van der Waals surface area contributed by atoms with Gasteiger partial charge < -0.3 is 10.4 Å². The Morgan fingerprint density at radius 3 is 2.63 bits per heavy atom. The maximum Gasteiger partial charge on any atom is 0.307 e. The van der Waals surface area contributed by atoms with Gasteiger partial charge in [-0.3, -0.25) is 9.59 Å². The van der Waals surface area contributed by atoms with Crippen LogP contribution in [0.3, 0.4) is 0 Å². The zero-order valence-corrected chi connectivity index (χ0v) is 10.7. The van der Waals surface area contributed by atoms with Crippen LogP contribution in [0.1, 0.15) is 18.4 Å². The van der Waals surface area contributed by atoms with Gasteiger partial charge in [-0.25, -0.2) is 4.98 Å². The summed E-state index contributed by atoms with van der Waals surface area (Å²) in [6, 6.07) is 3.59. The number of carboxylic acids is 1. The number of aryl methyl sites for hydroxylation is 1. The molecule has 1 aromatic heterocycles. The zero-order chi connectivity index (χ0) is 13.8. The van der Waals surface area contributed by atoms with E-state index < -0.39 is 17.8 Å². The van der Waals surface area contributed by atoms with Crippen LogP contribution < -0.4 is 5.32 Å². The third kappa shape index (κ3) is 3.19. The van der Waals surface area contributed by atoms with Crippen molar-refractivity contribution in [3.8, 4) is 0 Å². The Hall–Kier alpha value is -2.17. The van der Waals surface area contributed by atoms with Crippen molar-refractivity contribution in [1.29, 1.82) is 0 Å². The van der Waals surface area contributed by atoms with Crippen molar-refractivity contribution in [3.63, 3.8) is 0 Å². The molecule has 19 heavy (non-hydrogen) atoms. The van der Waals surface area contributed by atoms with Crippen LogP contribution in [0.5, 0.6) is 0 Å². The van der Waals surface area contributed by atoms with Gasteiger partial charge in [0.05, 0.1) is 11.8 Å². The number of carbonyl (C=O) groups is 2. The van der Waals surface area contributed by atoms with Crippen molar-refractivity contribution in [1.82, 2.24) is 4.98 Å². The molecule has 100 valence electrons. The van der Waals surface area contributed by atoms with Crippen LogP contribution >= 0.6 is 0 Å². The first-order chi connectivity index (χ1) is 9.08. The first-order valence-electron chi connectivity index (χ1n) is 6.19. The van der Waals surface area contributed by atoms with E-state index in [0.29, 0.717) is 18.7 Å². The minimum absolute atomic E-state index is 0.283. The van der Waals surface area contributed by atoms with Crippen LogP contribution in [0.2, 0.25) is 0 Å². The molecule has 1 aromatic rings. The highest BCUT2D eigenvalue weighted by atomic mass is 16.4. The maximum absolute atomic E-state index is 12.1. The predicted octanol–water partition coefficient (Wildman–Crippen LogP) is 2.00. The first kappa shape index (κ1) is 13.3. The SMILES string of the molecule is Cc1ccnc(NC(=O)[C@H]2CC=CC[C@@H]2C(=O)O)c1. The van der Waals surface area contributed by atoms with Crippen molar-refractivity contribution >= 4 is 17.7 Å². The van der Waals surface area contributed by atoms with E-state index in [0.717, 1.165) is 5.56 Å². The van der Waals surface area contributed by atoms with Gasteiger partial charge in [-0.15, -0.1) is 0 Å². The smallest absolute Gasteiger partial charge is 0.307 e. The summed E-state index contributed by atoms with van der Waals surface area (Å²) >= 11 is 0. The molecule has 5 heteroatoms. The number of carbonyl (C=O) groups excluding carboxylic acids is 1. The number of nitrogens with one attached hydrogen (secondary N) is 1. The molecule has 2 atom stereocenters. The summed E-state index contributed by atoms with van der Waals surface area (Å²) in [5, 5.41) is 11.8. The Kier molecular flexibility index (Phi) is 3.94. The van der Waals surface area contributed by atoms with Gasteiger partial charge in [0.1, 0.15) is 5.82 Å². The Morgan fingerprint density at radius 1 is 1.32 bits per heavy atom. The standard InChI is InChI=1S/C14H16N2O3/c1-9-6-7-15-12(8-9)16-13(17)10-4-2-3-5-11(10)14(18)19/h2-3,6-8,10-11H,4-5H2,1H3,(H,18,19)(H,15,16,17)/t10-,11-/m0/s1. The molecule has 0 radical (unpaired) electrons. The average Bonchev–Trinajstić information content (AvgIpc) is 2.38. The van der Waals surface area contributed by atoms with Crippen molar-refractivity contribution in [2.75, 3.05) is 5.32 Å². The fourth-order valence-corrected chi connectivity index (χ4v) is 2.20. The van der Waals surface area contributed by atoms with E-state index in [-0.39, 0.29) is 5.91 Å². The van der Waals surface area contributed by atoms with Crippen molar-refractivity contribution < 1.29 is 14.7 Å². The molecule has 1 heterocycles. The molecule has 0 unspecified atom stereocenters. The van der Waals surface area contributed by atoms with Crippen LogP contribution in [0, 0.1) is 18.8 Å². The van der Waals surface area contributed by atoms with Gasteiger partial charge in [0.15, 0.2) is 0 Å². The molecule has 0 spiro atoms. The molecular formula is C14H16N2O3. The van der Waals surface area contributed by atoms with E-state index in [1.165, 1.54) is 0 Å². The normalized spacial score (nSPS) is 21.9. The second kappa shape index (κ2) is 5.65. The topological polar surface area (TPSA) is 79.3 Å². The highest BCUT2D eigenvalue weighted by molar-refractivity contribution is 5.94. The summed E-state index contributed by atoms with van der Waals surface area (Å²) in [5.41, 5.74) is 0.989. The highest BCUT2D eigenvalue weighted by Crippen LogP contribution is 2.27. The van der Waals surface area contributed by atoms with Crippen molar-refractivity contribution in [2.24, 2.45) is 11.8 Å². The number of nitrogens with zero attached hydrogens (tertiary/aromatic N) is 1. The molecule has 2 rings (SSSR count). The summed E-state index contributed by atoms with van der Waals surface area (Å²) in [6.45, 7) is 1.90. The number of hydrogen-bond acceptors (Lipinski definition) is 3. The van der Waals surface area contributed by atoms with Gasteiger partial charge in [-0.2, -0.15) is 0 Å². The molecule has 1 aliphatic rings. The van der Waals surface area contributed by atoms with Gasteiger partial charge in [-0.1, -0.05) is 12.2 Å². The number of hydrogen-bond donors (Lipinski definition) is 2. The molecule has 0 saturated heterocycles. The lowest BCUT2D eigenvalue weighted by Crippen LogP contribution is -2.34. The molecule has 0 aromatic carbocycles. The third-order valence-electron chi connectivity index (χ3n) is 3.25. The number of allylic oxidation sites excluding steroid dienone is 2. The van der Waals surface area contributed by atoms with E-state index in [4.69, 9.17) is 5.11 Å². The monoisotopic (exact) mass is 260 g/mol. The van der Waals surface area contributed by atoms with Crippen LogP contribution in [0.4, 0.5) is 5.82 Å². The van der Waals surface area contributed by atoms with E-state index in [1.807, 2.05) is 25.1 Å². The lowest BCUT2D eigenvalue weighted by Gasteiger charge is -2.24. The van der Waals surface area contributed by atoms with Gasteiger partial charge in [-0.05, 0) is 37.5 Å². The molecule has 5 nitrogen and oxygen atoms in total. The average molecular weight is 260 g/mol. The molecule has 0 bridgehead atoms. The van der Waals surface area contributed by atoms with Gasteiger partial charge >= 0.3 is 5.97 Å². The van der Waals surface area contributed by atoms with E-state index >= 15 is 0 Å². The molecule has 0 aliphatic heterocycles. The predicted molar refractivity (Wildman–Crippen MR) is 70.6 cm³/mol. The Balaban J connectivity index is 2.10. The van der Waals surface area contributed by atoms with Gasteiger partial charge in [0.25, 0.3) is 0 Å². The Labute approximate surface area is 111 Å². The van der Waals surface area contributed by atoms with E-state index in [9.17, 15) is 9.59 Å². The van der Waals surface area contributed by atoms with E-state index in [1.54, 1.807) is 12.3 Å². The lowest BCUT2D eigenvalue weighted by molar-refractivity contribution is -0.146. The first-order valence-corrected chi connectivity index (χ1v) is 6.19. The highest BCUT2D eigenvalue weighted by Gasteiger charge is 2.34. The molecule has 0 fully saturated rings. The molecule has 1 amide bonds. The molecule has 1 aliphatic carbocycles. The number of rotatable bonds is 3. The lowest BCUT2D eigenvalue weighted by atomic mass is 9.82. The molecule has 2 N–H and O–H groups in total. The number of aliphatic carboxylic acids is 1. The number of pyridine rings is 1. The van der Waals surface area contributed by atoms with Gasteiger partial charge in [0.2, 0.25) is 5.91 Å². The second-order valence-corrected chi connectivity index (χ2v) is 4.70. The van der Waals surface area contributed by atoms with Crippen molar-refractivity contribution in [3.05, 3.63) is 36.0 Å². The Morgan fingerprint density at radius 2 is 2.00 bits per heavy atom. The number of amides is 1. The van der Waals surface area contributed by atoms with Crippen LogP contribution in [0.15, 0.2) is 30.5 Å². The third-order valence-corrected chi connectivity index (χ3v) is 3.25. The van der Waals surface area contributed by atoms with Crippen molar-refractivity contribution in [2.45, 2.75) is 19.8 Å². The van der Waals surface area contributed by atoms with Crippen LogP contribution in [-0.2, 0) is 9.59 Å². The maximum atomic E-state index is 12.1. The minimum Gasteiger partial charge on any atom is -0.481 e. The zero-order valence-electron chi connectivity index (χ0n) is 10.7. The fourth-order valence-electron chi connectivity index (χ4n) is 2.20. The summed E-state index contributed by atoms with van der Waals surface area (Å²) < 4.78 is 0. The largest absolute Gasteiger partial charge is 0.481 e. The number of carboxylic acid groups (broad SMARTS) is 1. The quantitative estimate of drug-likeness (QED) is 0.815. The summed E-state index contributed by atoms with van der Waals surface area (Å²) in [4.78, 5) is 27.3. The Bertz CT molecular complexity index is 525. The summed E-state index contributed by atoms with van der Waals surface area (Å²) in [7, 11) is 0. The van der Waals surface area contributed by atoms with Crippen LogP contribution in [0.25, 0.3) is 0 Å². The van der Waals surface area contributed by atoms with E-state index in [2.05, 4.69) is 10.3 Å². The van der Waals surface area contributed by atoms with Crippen LogP contribution in [-0.4, -0.2) is 22.0 Å². The molecule has 0 saturated carbocycles. The fraction of sp³-hybridized carbons (Fsp3) is 0.357. The number of aromatic nitrogens is 1. The number of anilines is 1.